The van der Waals surface area contributed by atoms with Crippen molar-refractivity contribution in [3.63, 3.8) is 0 Å². The standard InChI is InChI=1S/C44H24Br4N4.Pd/c45-29-9-1-25(2-10-29)41-33-17-19-35(49-33)42(26-3-11-30(46)12-4-26)37-21-23-39(51-37)44(28-7-15-32(48)16-8-28)40-24-22-38(52-40)43(36-20-18-34(41)50-36)27-5-13-31(47)14-6-27;/h1-24H;/q-2;+2. The molecule has 0 unspecified atom stereocenters. The van der Waals surface area contributed by atoms with Crippen molar-refractivity contribution in [1.82, 2.24) is 19.9 Å². The first-order valence-corrected chi connectivity index (χ1v) is 19.6. The fraction of sp³-hybridized carbons (Fsp3) is 0. The molecule has 8 bridgehead atoms. The molecule has 4 nitrogen and oxygen atoms in total. The van der Waals surface area contributed by atoms with Gasteiger partial charge in [0.2, 0.25) is 0 Å². The maximum atomic E-state index is 5.34. The third kappa shape index (κ3) is 7.07. The molecule has 0 N–H and O–H groups in total. The van der Waals surface area contributed by atoms with Gasteiger partial charge in [0.25, 0.3) is 0 Å². The van der Waals surface area contributed by atoms with Crippen molar-refractivity contribution in [1.29, 1.82) is 0 Å². The molecule has 0 fully saturated rings. The van der Waals surface area contributed by atoms with Gasteiger partial charge in [-0.3, -0.25) is 0 Å². The largest absolute Gasteiger partial charge is 2.00 e. The summed E-state index contributed by atoms with van der Waals surface area (Å²) >= 11 is 14.5. The molecule has 0 aliphatic carbocycles. The summed E-state index contributed by atoms with van der Waals surface area (Å²) in [6.07, 6.45) is 8.35. The van der Waals surface area contributed by atoms with E-state index >= 15 is 0 Å². The number of fused-ring (bicyclic) bond motifs is 8. The Hall–Kier alpha value is -3.94. The van der Waals surface area contributed by atoms with Crippen LogP contribution in [0.3, 0.4) is 0 Å². The Morgan fingerprint density at radius 1 is 0.302 bits per heavy atom. The van der Waals surface area contributed by atoms with Gasteiger partial charge in [0.1, 0.15) is 0 Å². The molecular weight excluding hydrogens is 1010 g/mol. The number of hydrogen-bond donors (Lipinski definition) is 0. The zero-order valence-electron chi connectivity index (χ0n) is 27.5. The van der Waals surface area contributed by atoms with Crippen LogP contribution in [-0.2, 0) is 20.4 Å². The van der Waals surface area contributed by atoms with Crippen molar-refractivity contribution in [2.75, 3.05) is 0 Å². The number of hydrogen-bond acceptors (Lipinski definition) is 2. The van der Waals surface area contributed by atoms with Gasteiger partial charge in [-0.2, -0.15) is 0 Å². The van der Waals surface area contributed by atoms with Crippen LogP contribution in [0.5, 0.6) is 0 Å². The number of rotatable bonds is 4. The molecule has 9 heteroatoms. The average molecular weight is 1030 g/mol. The smallest absolute Gasteiger partial charge is 0.657 e. The summed E-state index contributed by atoms with van der Waals surface area (Å²) in [5, 5.41) is 0. The second-order valence-electron chi connectivity index (χ2n) is 12.4. The van der Waals surface area contributed by atoms with Crippen LogP contribution in [0, 0.1) is 0 Å². The normalized spacial score (nSPS) is 11.8. The van der Waals surface area contributed by atoms with Crippen molar-refractivity contribution < 1.29 is 20.4 Å². The van der Waals surface area contributed by atoms with Crippen molar-refractivity contribution in [3.05, 3.63) is 162 Å². The Bertz CT molecular complexity index is 2370. The van der Waals surface area contributed by atoms with Gasteiger partial charge in [-0.15, -0.1) is 22.1 Å². The van der Waals surface area contributed by atoms with Crippen LogP contribution in [0.4, 0.5) is 0 Å². The molecule has 9 rings (SSSR count). The Labute approximate surface area is 353 Å². The summed E-state index contributed by atoms with van der Waals surface area (Å²) < 4.78 is 4.02. The van der Waals surface area contributed by atoms with Gasteiger partial charge < -0.3 is 9.97 Å². The van der Waals surface area contributed by atoms with Crippen LogP contribution in [0.2, 0.25) is 0 Å². The van der Waals surface area contributed by atoms with Gasteiger partial charge in [0.15, 0.2) is 0 Å². The van der Waals surface area contributed by atoms with Crippen LogP contribution < -0.4 is 9.97 Å². The quantitative estimate of drug-likeness (QED) is 0.165. The zero-order chi connectivity index (χ0) is 35.3. The Kier molecular flexibility index (Phi) is 10.2. The summed E-state index contributed by atoms with van der Waals surface area (Å²) in [5.41, 5.74) is 14.5. The molecule has 4 aromatic carbocycles. The monoisotopic (exact) mass is 1030 g/mol. The van der Waals surface area contributed by atoms with E-state index in [0.29, 0.717) is 0 Å². The van der Waals surface area contributed by atoms with E-state index in [0.717, 1.165) is 107 Å². The molecule has 0 radical (unpaired) electrons. The minimum absolute atomic E-state index is 0. The van der Waals surface area contributed by atoms with E-state index < -0.39 is 0 Å². The molecule has 53 heavy (non-hydrogen) atoms. The Balaban J connectivity index is 0.00000400. The van der Waals surface area contributed by atoms with Gasteiger partial charge in [0, 0.05) is 17.9 Å². The molecule has 2 aliphatic rings. The maximum absolute atomic E-state index is 5.34. The van der Waals surface area contributed by atoms with Crippen LogP contribution >= 0.6 is 63.7 Å². The number of aromatic nitrogens is 4. The predicted molar refractivity (Wildman–Crippen MR) is 229 cm³/mol. The molecule has 0 amide bonds. The number of benzene rings is 4. The van der Waals surface area contributed by atoms with Crippen LogP contribution in [0.1, 0.15) is 22.8 Å². The summed E-state index contributed by atoms with van der Waals surface area (Å²) in [7, 11) is 0. The van der Waals surface area contributed by atoms with Gasteiger partial charge in [-0.25, -0.2) is 9.97 Å². The van der Waals surface area contributed by atoms with Gasteiger partial charge in [-0.1, -0.05) is 137 Å². The summed E-state index contributed by atoms with van der Waals surface area (Å²) in [6.45, 7) is 0. The molecule has 0 saturated heterocycles. The Morgan fingerprint density at radius 2 is 0.509 bits per heavy atom. The minimum Gasteiger partial charge on any atom is -0.657 e. The van der Waals surface area contributed by atoms with E-state index in [1.54, 1.807) is 0 Å². The fourth-order valence-corrected chi connectivity index (χ4v) is 7.79. The van der Waals surface area contributed by atoms with Crippen molar-refractivity contribution in [2.24, 2.45) is 0 Å². The maximum Gasteiger partial charge on any atom is 2.00 e. The topological polar surface area (TPSA) is 54.0 Å². The summed E-state index contributed by atoms with van der Waals surface area (Å²) in [6, 6.07) is 41.6. The first-order chi connectivity index (χ1) is 25.4. The Morgan fingerprint density at radius 3 is 0.717 bits per heavy atom. The predicted octanol–water partition coefficient (Wildman–Crippen LogP) is 13.6. The molecule has 5 heterocycles. The molecule has 2 aliphatic heterocycles. The van der Waals surface area contributed by atoms with Crippen molar-refractivity contribution in [2.45, 2.75) is 0 Å². The molecule has 0 spiro atoms. The first-order valence-electron chi connectivity index (χ1n) is 16.5. The van der Waals surface area contributed by atoms with Crippen LogP contribution in [0.25, 0.3) is 90.9 Å². The van der Waals surface area contributed by atoms with Crippen molar-refractivity contribution in [3.8, 4) is 44.5 Å². The third-order valence-electron chi connectivity index (χ3n) is 9.14. The fourth-order valence-electron chi connectivity index (χ4n) is 6.74. The molecule has 0 saturated carbocycles. The second-order valence-corrected chi connectivity index (χ2v) is 16.1. The van der Waals surface area contributed by atoms with Crippen molar-refractivity contribution >= 4 is 110 Å². The third-order valence-corrected chi connectivity index (χ3v) is 11.3. The van der Waals surface area contributed by atoms with Gasteiger partial charge in [0.05, 0.1) is 22.8 Å². The van der Waals surface area contributed by atoms with Crippen LogP contribution in [-0.4, -0.2) is 9.97 Å². The molecule has 258 valence electrons. The van der Waals surface area contributed by atoms with E-state index in [1.807, 2.05) is 0 Å². The molecule has 0 atom stereocenters. The van der Waals surface area contributed by atoms with E-state index in [-0.39, 0.29) is 20.4 Å². The average Bonchev–Trinajstić information content (AvgIpc) is 3.99. The van der Waals surface area contributed by atoms with Gasteiger partial charge >= 0.3 is 20.4 Å². The molecule has 3 aromatic heterocycles. The zero-order valence-corrected chi connectivity index (χ0v) is 35.4. The summed E-state index contributed by atoms with van der Waals surface area (Å²) in [5.74, 6) is 0. The van der Waals surface area contributed by atoms with E-state index in [1.165, 1.54) is 0 Å². The van der Waals surface area contributed by atoms with E-state index in [4.69, 9.17) is 19.9 Å². The summed E-state index contributed by atoms with van der Waals surface area (Å²) in [4.78, 5) is 21.4. The van der Waals surface area contributed by atoms with E-state index in [9.17, 15) is 0 Å². The molecular formula is C44H24Br4N4Pd. The van der Waals surface area contributed by atoms with E-state index in [2.05, 4.69) is 209 Å². The van der Waals surface area contributed by atoms with Crippen LogP contribution in [0.15, 0.2) is 139 Å². The van der Waals surface area contributed by atoms with Gasteiger partial charge in [-0.05, 0) is 117 Å². The first kappa shape index (κ1) is 36.1. The minimum atomic E-state index is 0. The number of halogens is 4. The second kappa shape index (κ2) is 15.1. The SMILES string of the molecule is Brc1ccc(-c2c3nc(c(-c4ccc(Br)cc4)c4ccc([n-]4)c(-c4ccc(Br)cc4)c4nc(c(-c5ccc(Br)cc5)c5ccc2[n-]5)C=C4)C=C3)cc1.[Pd+2]. The molecule has 7 aromatic rings. The number of nitrogens with zero attached hydrogens (tertiary/aromatic N) is 4.